The molecular formula is C47H57F3N10O5. The van der Waals surface area contributed by atoms with Crippen molar-refractivity contribution in [3.63, 3.8) is 0 Å². The molecule has 18 heteroatoms. The van der Waals surface area contributed by atoms with Gasteiger partial charge in [-0.15, -0.1) is 0 Å². The Morgan fingerprint density at radius 2 is 1.58 bits per heavy atom. The first-order valence-corrected chi connectivity index (χ1v) is 22.7. The standard InChI is InChI=1S/C47H57F3N10O5/c1-29(2)35-20-36(41(62)22-40(35)61)46(64)60-25-31-4-3-30(19-32(31)26-60)24-55-11-13-57(14-12-55)33-5-9-58(10-6-33)43(63)28-56-8-7-34-39(27-56)53-44(54-45(34)59-15-17-65-18-16-59)37-23-52-42(51)21-38(37)47(48,49)50/h3-4,19-23,29,33,61-62H,5-18,24-28H2,1-2H3,(H2,51,52). The molecule has 0 unspecified atom stereocenters. The van der Waals surface area contributed by atoms with Crippen molar-refractivity contribution in [1.29, 1.82) is 0 Å². The number of ether oxygens (including phenoxy) is 1. The van der Waals surface area contributed by atoms with E-state index in [2.05, 4.69) is 33.0 Å². The predicted molar refractivity (Wildman–Crippen MR) is 237 cm³/mol. The maximum atomic E-state index is 14.2. The average Bonchev–Trinajstić information content (AvgIpc) is 3.72. The molecule has 4 N–H and O–H groups in total. The van der Waals surface area contributed by atoms with E-state index in [0.29, 0.717) is 95.1 Å². The maximum absolute atomic E-state index is 14.2. The Kier molecular flexibility index (Phi) is 12.6. The lowest BCUT2D eigenvalue weighted by atomic mass is 9.98. The van der Waals surface area contributed by atoms with Gasteiger partial charge in [-0.3, -0.25) is 24.3 Å². The lowest BCUT2D eigenvalue weighted by Gasteiger charge is -2.43. The van der Waals surface area contributed by atoms with Crippen molar-refractivity contribution in [3.05, 3.63) is 87.2 Å². The summed E-state index contributed by atoms with van der Waals surface area (Å²) in [6.45, 7) is 13.9. The first-order chi connectivity index (χ1) is 31.2. The number of pyridine rings is 1. The van der Waals surface area contributed by atoms with Crippen LogP contribution in [0, 0.1) is 0 Å². The number of phenols is 2. The van der Waals surface area contributed by atoms with Gasteiger partial charge in [0.05, 0.1) is 36.6 Å². The maximum Gasteiger partial charge on any atom is 0.417 e. The van der Waals surface area contributed by atoms with Crippen LogP contribution >= 0.6 is 0 Å². The van der Waals surface area contributed by atoms with Crippen molar-refractivity contribution in [1.82, 2.24) is 39.5 Å². The number of alkyl halides is 3. The fourth-order valence-corrected chi connectivity index (χ4v) is 10.0. The number of morpholine rings is 1. The van der Waals surface area contributed by atoms with E-state index in [4.69, 9.17) is 20.4 Å². The first kappa shape index (κ1) is 44.6. The Bertz CT molecular complexity index is 2430. The summed E-state index contributed by atoms with van der Waals surface area (Å²) in [6, 6.07) is 10.5. The van der Waals surface area contributed by atoms with Gasteiger partial charge >= 0.3 is 6.18 Å². The number of nitrogens with two attached hydrogens (primary N) is 1. The van der Waals surface area contributed by atoms with Crippen LogP contribution in [0.1, 0.15) is 82.0 Å². The second kappa shape index (κ2) is 18.4. The van der Waals surface area contributed by atoms with Crippen LogP contribution < -0.4 is 10.6 Å². The largest absolute Gasteiger partial charge is 0.508 e. The molecule has 2 aromatic carbocycles. The molecule has 0 spiro atoms. The van der Waals surface area contributed by atoms with Gasteiger partial charge in [0.2, 0.25) is 5.91 Å². The van der Waals surface area contributed by atoms with E-state index < -0.39 is 11.7 Å². The molecule has 5 aliphatic heterocycles. The van der Waals surface area contributed by atoms with Crippen LogP contribution in [-0.4, -0.2) is 146 Å². The number of likely N-dealkylation sites (tertiary alicyclic amines) is 1. The number of nitrogens with zero attached hydrogens (tertiary/aromatic N) is 9. The number of carbonyl (C=O) groups is 2. The minimum atomic E-state index is -4.69. The van der Waals surface area contributed by atoms with Crippen molar-refractivity contribution in [2.75, 3.05) is 89.3 Å². The van der Waals surface area contributed by atoms with Gasteiger partial charge in [0.25, 0.3) is 5.91 Å². The van der Waals surface area contributed by atoms with Gasteiger partial charge < -0.3 is 35.4 Å². The van der Waals surface area contributed by atoms with Gasteiger partial charge in [0, 0.05) is 115 Å². The number of rotatable bonds is 9. The van der Waals surface area contributed by atoms with Gasteiger partial charge in [-0.25, -0.2) is 15.0 Å². The summed E-state index contributed by atoms with van der Waals surface area (Å²) >= 11 is 0. The average molecular weight is 899 g/mol. The molecule has 3 saturated heterocycles. The lowest BCUT2D eigenvalue weighted by Crippen LogP contribution is -2.54. The number of anilines is 2. The fraction of sp³-hybridized carbons (Fsp3) is 0.511. The van der Waals surface area contributed by atoms with Gasteiger partial charge in [-0.05, 0) is 59.6 Å². The summed E-state index contributed by atoms with van der Waals surface area (Å²) in [5.41, 5.74) is 10.2. The number of benzene rings is 2. The summed E-state index contributed by atoms with van der Waals surface area (Å²) in [5.74, 6) is -0.146. The zero-order valence-electron chi connectivity index (χ0n) is 37.0. The second-order valence-electron chi connectivity index (χ2n) is 18.3. The highest BCUT2D eigenvalue weighted by Crippen LogP contribution is 2.39. The highest BCUT2D eigenvalue weighted by atomic mass is 19.4. The third kappa shape index (κ3) is 9.57. The molecule has 7 heterocycles. The number of fused-ring (bicyclic) bond motifs is 2. The molecule has 65 heavy (non-hydrogen) atoms. The molecule has 2 amide bonds. The quantitative estimate of drug-likeness (QED) is 0.209. The molecule has 2 aromatic heterocycles. The smallest absolute Gasteiger partial charge is 0.417 e. The molecule has 0 saturated carbocycles. The number of hydrogen-bond acceptors (Lipinski definition) is 13. The topological polar surface area (TPSA) is 168 Å². The molecular weight excluding hydrogens is 842 g/mol. The Balaban J connectivity index is 0.765. The van der Waals surface area contributed by atoms with Crippen molar-refractivity contribution < 1.29 is 37.7 Å². The predicted octanol–water partition coefficient (Wildman–Crippen LogP) is 4.83. The van der Waals surface area contributed by atoms with Crippen LogP contribution in [0.25, 0.3) is 11.4 Å². The summed E-state index contributed by atoms with van der Waals surface area (Å²) in [7, 11) is 0. The Labute approximate surface area is 376 Å². The third-order valence-corrected chi connectivity index (χ3v) is 13.7. The molecule has 3 fully saturated rings. The monoisotopic (exact) mass is 898 g/mol. The number of hydrogen-bond donors (Lipinski definition) is 3. The zero-order valence-corrected chi connectivity index (χ0v) is 37.0. The van der Waals surface area contributed by atoms with E-state index in [1.807, 2.05) is 28.5 Å². The summed E-state index contributed by atoms with van der Waals surface area (Å²) in [6.07, 6.45) is -1.25. The van der Waals surface area contributed by atoms with E-state index in [1.54, 1.807) is 11.0 Å². The minimum absolute atomic E-state index is 0.00149. The SMILES string of the molecule is CC(C)c1cc(C(=O)N2Cc3ccc(CN4CCN(C5CCN(C(=O)CN6CCc7c(nc(-c8cnc(N)cc8C(F)(F)F)nc7N7CCOCC7)C6)CC5)CC4)cc3C2)c(O)cc1O. The van der Waals surface area contributed by atoms with Crippen LogP contribution in [0.2, 0.25) is 0 Å². The van der Waals surface area contributed by atoms with E-state index in [0.717, 1.165) is 74.5 Å². The van der Waals surface area contributed by atoms with E-state index in [-0.39, 0.29) is 58.5 Å². The molecule has 0 bridgehead atoms. The minimum Gasteiger partial charge on any atom is -0.508 e. The number of phenolic OH excluding ortho intramolecular Hbond substituents is 2. The molecule has 4 aromatic rings. The number of carbonyl (C=O) groups excluding carboxylic acids is 2. The Morgan fingerprint density at radius 3 is 2.31 bits per heavy atom. The van der Waals surface area contributed by atoms with Crippen LogP contribution in [0.3, 0.4) is 0 Å². The van der Waals surface area contributed by atoms with E-state index in [1.165, 1.54) is 11.6 Å². The number of aromatic hydroxyl groups is 2. The number of aromatic nitrogens is 3. The van der Waals surface area contributed by atoms with Crippen molar-refractivity contribution in [2.24, 2.45) is 0 Å². The van der Waals surface area contributed by atoms with Crippen molar-refractivity contribution in [3.8, 4) is 22.9 Å². The van der Waals surface area contributed by atoms with E-state index in [9.17, 15) is 33.0 Å². The Morgan fingerprint density at radius 1 is 0.846 bits per heavy atom. The van der Waals surface area contributed by atoms with Crippen molar-refractivity contribution >= 4 is 23.5 Å². The molecule has 5 aliphatic rings. The number of nitrogen functional groups attached to an aromatic ring is 1. The van der Waals surface area contributed by atoms with Crippen LogP contribution in [0.15, 0.2) is 42.6 Å². The van der Waals surface area contributed by atoms with Gasteiger partial charge in [0.1, 0.15) is 23.1 Å². The lowest BCUT2D eigenvalue weighted by molar-refractivity contribution is -0.137. The molecule has 0 radical (unpaired) electrons. The first-order valence-electron chi connectivity index (χ1n) is 22.7. The fourth-order valence-electron chi connectivity index (χ4n) is 10.0. The van der Waals surface area contributed by atoms with Gasteiger partial charge in [0.15, 0.2) is 5.82 Å². The zero-order chi connectivity index (χ0) is 45.6. The Hall–Kier alpha value is -5.56. The number of amides is 2. The van der Waals surface area contributed by atoms with Crippen molar-refractivity contribution in [2.45, 2.75) is 77.4 Å². The second-order valence-corrected chi connectivity index (χ2v) is 18.3. The molecule has 9 rings (SSSR count). The normalized spacial score (nSPS) is 19.2. The summed E-state index contributed by atoms with van der Waals surface area (Å²) in [4.78, 5) is 53.4. The summed E-state index contributed by atoms with van der Waals surface area (Å²) < 4.78 is 48.2. The van der Waals surface area contributed by atoms with Crippen LogP contribution in [0.4, 0.5) is 24.8 Å². The summed E-state index contributed by atoms with van der Waals surface area (Å²) in [5, 5.41) is 20.8. The number of halogens is 3. The molecule has 346 valence electrons. The van der Waals surface area contributed by atoms with Crippen LogP contribution in [0.5, 0.6) is 11.5 Å². The van der Waals surface area contributed by atoms with Gasteiger partial charge in [-0.1, -0.05) is 32.0 Å². The molecule has 0 atom stereocenters. The number of piperidine rings is 1. The highest BCUT2D eigenvalue weighted by molar-refractivity contribution is 5.97. The molecule has 15 nitrogen and oxygen atoms in total. The van der Waals surface area contributed by atoms with Gasteiger partial charge in [-0.2, -0.15) is 13.2 Å². The third-order valence-electron chi connectivity index (χ3n) is 13.7. The van der Waals surface area contributed by atoms with E-state index >= 15 is 0 Å². The molecule has 0 aliphatic carbocycles. The highest BCUT2D eigenvalue weighted by Gasteiger charge is 2.37. The number of piperazine rings is 1. The van der Waals surface area contributed by atoms with Crippen LogP contribution in [-0.2, 0) is 48.3 Å².